The number of hydrogen-bond acceptors (Lipinski definition) is 5. The number of tetrazole rings is 1. The van der Waals surface area contributed by atoms with Gasteiger partial charge in [-0.1, -0.05) is 13.0 Å². The van der Waals surface area contributed by atoms with Gasteiger partial charge in [0.1, 0.15) is 5.75 Å². The molecule has 18 heavy (non-hydrogen) atoms. The lowest BCUT2D eigenvalue weighted by atomic mass is 10.3. The fourth-order valence-electron chi connectivity index (χ4n) is 1.33. The molecule has 2 rings (SSSR count). The number of nitrogens with one attached hydrogen (secondary N) is 2. The second kappa shape index (κ2) is 5.76. The number of rotatable bonds is 5. The first-order valence-corrected chi connectivity index (χ1v) is 5.57. The summed E-state index contributed by atoms with van der Waals surface area (Å²) in [6, 6.07) is 7.14. The highest BCUT2D eigenvalue weighted by Crippen LogP contribution is 2.17. The standard InChI is InChI=1S/C11H13N5O2/c1-2-6-18-9-5-3-4-8(7-9)12-11(17)10-13-15-16-14-10/h3-5,7H,2,6H2,1H3,(H,12,17)(H,13,14,15,16). The quantitative estimate of drug-likeness (QED) is 0.829. The van der Waals surface area contributed by atoms with Crippen LogP contribution in [0.25, 0.3) is 0 Å². The molecule has 2 aromatic rings. The van der Waals surface area contributed by atoms with E-state index in [1.165, 1.54) is 0 Å². The van der Waals surface area contributed by atoms with Crippen LogP contribution in [0.4, 0.5) is 5.69 Å². The minimum absolute atomic E-state index is 0.00474. The SMILES string of the molecule is CCCOc1cccc(NC(=O)c2nn[nH]n2)c1. The lowest BCUT2D eigenvalue weighted by molar-refractivity contribution is 0.101. The molecule has 0 fully saturated rings. The third-order valence-electron chi connectivity index (χ3n) is 2.11. The first-order chi connectivity index (χ1) is 8.79. The van der Waals surface area contributed by atoms with E-state index in [9.17, 15) is 4.79 Å². The fraction of sp³-hybridized carbons (Fsp3) is 0.273. The predicted octanol–water partition coefficient (Wildman–Crippen LogP) is 1.24. The molecule has 0 bridgehead atoms. The monoisotopic (exact) mass is 247 g/mol. The van der Waals surface area contributed by atoms with Gasteiger partial charge in [0, 0.05) is 11.8 Å². The van der Waals surface area contributed by atoms with E-state index < -0.39 is 5.91 Å². The number of ether oxygens (including phenoxy) is 1. The molecule has 2 N–H and O–H groups in total. The Morgan fingerprint density at radius 1 is 1.50 bits per heavy atom. The Labute approximate surface area is 104 Å². The zero-order valence-corrected chi connectivity index (χ0v) is 9.88. The van der Waals surface area contributed by atoms with E-state index in [1.807, 2.05) is 13.0 Å². The highest BCUT2D eigenvalue weighted by atomic mass is 16.5. The molecule has 0 aliphatic rings. The van der Waals surface area contributed by atoms with Gasteiger partial charge in [0.05, 0.1) is 6.61 Å². The predicted molar refractivity (Wildman–Crippen MR) is 64.4 cm³/mol. The summed E-state index contributed by atoms with van der Waals surface area (Å²) in [6.07, 6.45) is 0.930. The Morgan fingerprint density at radius 2 is 2.39 bits per heavy atom. The van der Waals surface area contributed by atoms with Gasteiger partial charge in [0.15, 0.2) is 0 Å². The number of nitrogens with zero attached hydrogens (tertiary/aromatic N) is 3. The molecule has 0 unspecified atom stereocenters. The van der Waals surface area contributed by atoms with Crippen molar-refractivity contribution in [2.45, 2.75) is 13.3 Å². The highest BCUT2D eigenvalue weighted by Gasteiger charge is 2.10. The van der Waals surface area contributed by atoms with Crippen molar-refractivity contribution in [3.8, 4) is 5.75 Å². The van der Waals surface area contributed by atoms with Crippen molar-refractivity contribution in [2.24, 2.45) is 0 Å². The smallest absolute Gasteiger partial charge is 0.297 e. The molecule has 7 nitrogen and oxygen atoms in total. The van der Waals surface area contributed by atoms with Crippen LogP contribution in [-0.2, 0) is 0 Å². The van der Waals surface area contributed by atoms with Gasteiger partial charge in [0.2, 0.25) is 0 Å². The Balaban J connectivity index is 2.03. The number of aromatic amines is 1. The second-order valence-electron chi connectivity index (χ2n) is 3.57. The maximum absolute atomic E-state index is 11.7. The van der Waals surface area contributed by atoms with Gasteiger partial charge in [-0.15, -0.1) is 10.2 Å². The zero-order chi connectivity index (χ0) is 12.8. The molecule has 1 aromatic carbocycles. The largest absolute Gasteiger partial charge is 0.494 e. The van der Waals surface area contributed by atoms with Crippen LogP contribution >= 0.6 is 0 Å². The maximum atomic E-state index is 11.7. The molecule has 1 aromatic heterocycles. The molecule has 0 aliphatic carbocycles. The minimum Gasteiger partial charge on any atom is -0.494 e. The van der Waals surface area contributed by atoms with Crippen molar-refractivity contribution in [3.05, 3.63) is 30.1 Å². The number of H-pyrrole nitrogens is 1. The third kappa shape index (κ3) is 3.03. The van der Waals surface area contributed by atoms with Crippen molar-refractivity contribution < 1.29 is 9.53 Å². The summed E-state index contributed by atoms with van der Waals surface area (Å²) in [4.78, 5) is 11.7. The van der Waals surface area contributed by atoms with Crippen LogP contribution < -0.4 is 10.1 Å². The van der Waals surface area contributed by atoms with E-state index in [-0.39, 0.29) is 5.82 Å². The van der Waals surface area contributed by atoms with Gasteiger partial charge in [-0.3, -0.25) is 4.79 Å². The van der Waals surface area contributed by atoms with Gasteiger partial charge in [-0.2, -0.15) is 5.21 Å². The summed E-state index contributed by atoms with van der Waals surface area (Å²) in [6.45, 7) is 2.67. The number of carbonyl (C=O) groups excluding carboxylic acids is 1. The number of amides is 1. The fourth-order valence-corrected chi connectivity index (χ4v) is 1.33. The van der Waals surface area contributed by atoms with Crippen molar-refractivity contribution in [1.82, 2.24) is 20.6 Å². The van der Waals surface area contributed by atoms with Crippen LogP contribution in [0, 0.1) is 0 Å². The van der Waals surface area contributed by atoms with E-state index in [0.29, 0.717) is 18.0 Å². The van der Waals surface area contributed by atoms with Crippen molar-refractivity contribution >= 4 is 11.6 Å². The number of hydrogen-bond donors (Lipinski definition) is 2. The average molecular weight is 247 g/mol. The topological polar surface area (TPSA) is 92.8 Å². The molecule has 1 amide bonds. The van der Waals surface area contributed by atoms with Crippen LogP contribution in [-0.4, -0.2) is 33.1 Å². The maximum Gasteiger partial charge on any atom is 0.297 e. The molecule has 7 heteroatoms. The number of aromatic nitrogens is 4. The molecule has 0 radical (unpaired) electrons. The lowest BCUT2D eigenvalue weighted by Gasteiger charge is -2.07. The van der Waals surface area contributed by atoms with Gasteiger partial charge in [-0.05, 0) is 23.8 Å². The Morgan fingerprint density at radius 3 is 3.11 bits per heavy atom. The van der Waals surface area contributed by atoms with Crippen LogP contribution in [0.5, 0.6) is 5.75 Å². The highest BCUT2D eigenvalue weighted by molar-refractivity contribution is 6.01. The first-order valence-electron chi connectivity index (χ1n) is 5.57. The summed E-state index contributed by atoms with van der Waals surface area (Å²) in [5.41, 5.74) is 0.624. The van der Waals surface area contributed by atoms with E-state index >= 15 is 0 Å². The molecule has 0 aliphatic heterocycles. The Bertz CT molecular complexity index is 512. The molecule has 0 spiro atoms. The van der Waals surface area contributed by atoms with Gasteiger partial charge >= 0.3 is 0 Å². The van der Waals surface area contributed by atoms with Crippen molar-refractivity contribution in [2.75, 3.05) is 11.9 Å². The minimum atomic E-state index is -0.420. The molecular weight excluding hydrogens is 234 g/mol. The molecule has 0 atom stereocenters. The Hall–Kier alpha value is -2.44. The van der Waals surface area contributed by atoms with Crippen molar-refractivity contribution in [3.63, 3.8) is 0 Å². The molecule has 1 heterocycles. The molecule has 0 saturated heterocycles. The molecular formula is C11H13N5O2. The van der Waals surface area contributed by atoms with Gasteiger partial charge < -0.3 is 10.1 Å². The van der Waals surface area contributed by atoms with E-state index in [1.54, 1.807) is 18.2 Å². The van der Waals surface area contributed by atoms with Gasteiger partial charge in [0.25, 0.3) is 11.7 Å². The second-order valence-corrected chi connectivity index (χ2v) is 3.57. The third-order valence-corrected chi connectivity index (χ3v) is 2.11. The summed E-state index contributed by atoms with van der Waals surface area (Å²) < 4.78 is 5.47. The van der Waals surface area contributed by atoms with Crippen LogP contribution in [0.1, 0.15) is 24.0 Å². The normalized spacial score (nSPS) is 10.1. The summed E-state index contributed by atoms with van der Waals surface area (Å²) in [5.74, 6) is 0.286. The summed E-state index contributed by atoms with van der Waals surface area (Å²) in [5, 5.41) is 15.4. The number of carbonyl (C=O) groups is 1. The number of anilines is 1. The van der Waals surface area contributed by atoms with Gasteiger partial charge in [-0.25, -0.2) is 0 Å². The Kier molecular flexibility index (Phi) is 3.85. The van der Waals surface area contributed by atoms with E-state index in [0.717, 1.165) is 6.42 Å². The summed E-state index contributed by atoms with van der Waals surface area (Å²) in [7, 11) is 0. The molecule has 0 saturated carbocycles. The van der Waals surface area contributed by atoms with E-state index in [2.05, 4.69) is 25.9 Å². The van der Waals surface area contributed by atoms with Crippen LogP contribution in [0.15, 0.2) is 24.3 Å². The first kappa shape index (κ1) is 12.0. The zero-order valence-electron chi connectivity index (χ0n) is 9.88. The van der Waals surface area contributed by atoms with Crippen LogP contribution in [0.3, 0.4) is 0 Å². The number of benzene rings is 1. The lowest BCUT2D eigenvalue weighted by Crippen LogP contribution is -2.13. The van der Waals surface area contributed by atoms with Crippen LogP contribution in [0.2, 0.25) is 0 Å². The average Bonchev–Trinajstić information content (AvgIpc) is 2.91. The van der Waals surface area contributed by atoms with E-state index in [4.69, 9.17) is 4.74 Å². The molecule has 94 valence electrons. The summed E-state index contributed by atoms with van der Waals surface area (Å²) >= 11 is 0. The van der Waals surface area contributed by atoms with Crippen molar-refractivity contribution in [1.29, 1.82) is 0 Å².